The first-order chi connectivity index (χ1) is 12.6. The summed E-state index contributed by atoms with van der Waals surface area (Å²) in [6, 6.07) is 12.1. The molecule has 0 radical (unpaired) electrons. The maximum absolute atomic E-state index is 12.0. The van der Waals surface area contributed by atoms with Crippen molar-refractivity contribution in [3.05, 3.63) is 64.4 Å². The van der Waals surface area contributed by atoms with Crippen molar-refractivity contribution in [2.45, 2.75) is 12.5 Å². The number of thiophene rings is 1. The van der Waals surface area contributed by atoms with E-state index in [1.807, 2.05) is 47.8 Å². The molecule has 1 atom stereocenters. The minimum absolute atomic E-state index is 0.283. The SMILES string of the molecule is COC(=O)C(Cc1ccccc1)NC(=O)COC(=O)/C=C/c1cccs1. The molecule has 2 aromatic rings. The highest BCUT2D eigenvalue weighted by Gasteiger charge is 2.22. The van der Waals surface area contributed by atoms with Crippen LogP contribution in [0.15, 0.2) is 53.9 Å². The summed E-state index contributed by atoms with van der Waals surface area (Å²) in [5.41, 5.74) is 0.874. The number of hydrogen-bond acceptors (Lipinski definition) is 6. The molecule has 0 aliphatic carbocycles. The lowest BCUT2D eigenvalue weighted by molar-refractivity contribution is -0.147. The minimum Gasteiger partial charge on any atom is -0.467 e. The van der Waals surface area contributed by atoms with Crippen molar-refractivity contribution >= 4 is 35.3 Å². The van der Waals surface area contributed by atoms with Gasteiger partial charge in [-0.25, -0.2) is 9.59 Å². The fraction of sp³-hybridized carbons (Fsp3) is 0.211. The van der Waals surface area contributed by atoms with Crippen molar-refractivity contribution in [1.82, 2.24) is 5.32 Å². The number of benzene rings is 1. The van der Waals surface area contributed by atoms with Crippen LogP contribution in [-0.4, -0.2) is 37.6 Å². The van der Waals surface area contributed by atoms with E-state index in [0.717, 1.165) is 10.4 Å². The first-order valence-electron chi connectivity index (χ1n) is 7.88. The summed E-state index contributed by atoms with van der Waals surface area (Å²) >= 11 is 1.48. The van der Waals surface area contributed by atoms with Crippen LogP contribution < -0.4 is 5.32 Å². The third-order valence-electron chi connectivity index (χ3n) is 3.38. The lowest BCUT2D eigenvalue weighted by Crippen LogP contribution is -2.44. The zero-order valence-electron chi connectivity index (χ0n) is 14.2. The van der Waals surface area contributed by atoms with Crippen LogP contribution >= 0.6 is 11.3 Å². The van der Waals surface area contributed by atoms with E-state index in [1.54, 1.807) is 6.08 Å². The Balaban J connectivity index is 1.84. The van der Waals surface area contributed by atoms with Crippen molar-refractivity contribution < 1.29 is 23.9 Å². The molecule has 6 nitrogen and oxygen atoms in total. The molecule has 1 aromatic carbocycles. The molecule has 0 aliphatic heterocycles. The van der Waals surface area contributed by atoms with E-state index < -0.39 is 30.5 Å². The predicted molar refractivity (Wildman–Crippen MR) is 98.4 cm³/mol. The summed E-state index contributed by atoms with van der Waals surface area (Å²) in [6.07, 6.45) is 3.14. The van der Waals surface area contributed by atoms with Gasteiger partial charge in [-0.2, -0.15) is 0 Å². The highest BCUT2D eigenvalue weighted by atomic mass is 32.1. The first-order valence-corrected chi connectivity index (χ1v) is 8.76. The van der Waals surface area contributed by atoms with Gasteiger partial charge in [0.05, 0.1) is 7.11 Å². The van der Waals surface area contributed by atoms with Crippen LogP contribution in [0.4, 0.5) is 0 Å². The van der Waals surface area contributed by atoms with Gasteiger partial charge >= 0.3 is 11.9 Å². The van der Waals surface area contributed by atoms with Crippen molar-refractivity contribution in [1.29, 1.82) is 0 Å². The highest BCUT2D eigenvalue weighted by Crippen LogP contribution is 2.10. The fourth-order valence-corrected chi connectivity index (χ4v) is 2.76. The molecule has 1 unspecified atom stereocenters. The van der Waals surface area contributed by atoms with Crippen LogP contribution in [-0.2, 0) is 30.3 Å². The van der Waals surface area contributed by atoms with E-state index in [-0.39, 0.29) is 6.42 Å². The molecule has 1 N–H and O–H groups in total. The van der Waals surface area contributed by atoms with Gasteiger partial charge in [0, 0.05) is 17.4 Å². The van der Waals surface area contributed by atoms with Crippen molar-refractivity contribution in [3.63, 3.8) is 0 Å². The van der Waals surface area contributed by atoms with Crippen molar-refractivity contribution in [2.75, 3.05) is 13.7 Å². The summed E-state index contributed by atoms with van der Waals surface area (Å²) < 4.78 is 9.60. The molecule has 2 rings (SSSR count). The van der Waals surface area contributed by atoms with Crippen molar-refractivity contribution in [3.8, 4) is 0 Å². The molecule has 7 heteroatoms. The predicted octanol–water partition coefficient (Wildman–Crippen LogP) is 2.21. The van der Waals surface area contributed by atoms with E-state index in [0.29, 0.717) is 0 Å². The maximum atomic E-state index is 12.0. The van der Waals surface area contributed by atoms with Crippen LogP contribution in [0.25, 0.3) is 6.08 Å². The number of rotatable bonds is 8. The normalized spacial score (nSPS) is 11.7. The van der Waals surface area contributed by atoms with Gasteiger partial charge in [-0.1, -0.05) is 36.4 Å². The Bertz CT molecular complexity index is 756. The number of methoxy groups -OCH3 is 1. The lowest BCUT2D eigenvalue weighted by Gasteiger charge is -2.16. The van der Waals surface area contributed by atoms with Gasteiger partial charge in [-0.3, -0.25) is 4.79 Å². The zero-order valence-corrected chi connectivity index (χ0v) is 15.0. The number of carbonyl (C=O) groups is 3. The second-order valence-electron chi connectivity index (χ2n) is 5.29. The van der Waals surface area contributed by atoms with Gasteiger partial charge in [0.25, 0.3) is 5.91 Å². The van der Waals surface area contributed by atoms with E-state index in [9.17, 15) is 14.4 Å². The molecule has 1 amide bonds. The Morgan fingerprint density at radius 2 is 1.92 bits per heavy atom. The Hall–Kier alpha value is -2.93. The molecule has 0 bridgehead atoms. The van der Waals surface area contributed by atoms with Crippen LogP contribution in [0.3, 0.4) is 0 Å². The molecular weight excluding hydrogens is 354 g/mol. The number of carbonyl (C=O) groups excluding carboxylic acids is 3. The van der Waals surface area contributed by atoms with Gasteiger partial charge in [-0.05, 0) is 23.1 Å². The van der Waals surface area contributed by atoms with Gasteiger partial charge in [0.15, 0.2) is 6.61 Å². The minimum atomic E-state index is -0.852. The molecule has 0 aliphatic rings. The Labute approximate surface area is 155 Å². The first kappa shape index (κ1) is 19.4. The summed E-state index contributed by atoms with van der Waals surface area (Å²) in [6.45, 7) is -0.476. The quantitative estimate of drug-likeness (QED) is 0.567. The third-order valence-corrected chi connectivity index (χ3v) is 4.21. The van der Waals surface area contributed by atoms with E-state index in [4.69, 9.17) is 9.47 Å². The van der Waals surface area contributed by atoms with Crippen LogP contribution in [0, 0.1) is 0 Å². The molecule has 26 heavy (non-hydrogen) atoms. The standard InChI is InChI=1S/C19H19NO5S/c1-24-19(23)16(12-14-6-3-2-4-7-14)20-17(21)13-25-18(22)10-9-15-8-5-11-26-15/h2-11,16H,12-13H2,1H3,(H,20,21)/b10-9+. The van der Waals surface area contributed by atoms with E-state index in [1.165, 1.54) is 24.5 Å². The van der Waals surface area contributed by atoms with Crippen LogP contribution in [0.5, 0.6) is 0 Å². The molecule has 1 aromatic heterocycles. The van der Waals surface area contributed by atoms with Gasteiger partial charge < -0.3 is 14.8 Å². The molecule has 0 saturated carbocycles. The monoisotopic (exact) mass is 373 g/mol. The smallest absolute Gasteiger partial charge is 0.331 e. The van der Waals surface area contributed by atoms with E-state index in [2.05, 4.69) is 5.32 Å². The zero-order chi connectivity index (χ0) is 18.8. The summed E-state index contributed by atoms with van der Waals surface area (Å²) in [5, 5.41) is 4.42. The lowest BCUT2D eigenvalue weighted by atomic mass is 10.1. The average molecular weight is 373 g/mol. The maximum Gasteiger partial charge on any atom is 0.331 e. The van der Waals surface area contributed by atoms with Gasteiger partial charge in [-0.15, -0.1) is 11.3 Å². The van der Waals surface area contributed by atoms with Gasteiger partial charge in [0.2, 0.25) is 0 Å². The fourth-order valence-electron chi connectivity index (χ4n) is 2.14. The number of esters is 2. The van der Waals surface area contributed by atoms with Crippen LogP contribution in [0.1, 0.15) is 10.4 Å². The topological polar surface area (TPSA) is 81.7 Å². The summed E-state index contributed by atoms with van der Waals surface area (Å²) in [7, 11) is 1.25. The van der Waals surface area contributed by atoms with E-state index >= 15 is 0 Å². The second-order valence-corrected chi connectivity index (χ2v) is 6.27. The largest absolute Gasteiger partial charge is 0.467 e. The summed E-state index contributed by atoms with van der Waals surface area (Å²) in [4.78, 5) is 36.4. The second kappa shape index (κ2) is 10.1. The van der Waals surface area contributed by atoms with Crippen LogP contribution in [0.2, 0.25) is 0 Å². The van der Waals surface area contributed by atoms with Gasteiger partial charge in [0.1, 0.15) is 6.04 Å². The molecule has 0 fully saturated rings. The molecule has 1 heterocycles. The molecular formula is C19H19NO5S. The number of hydrogen-bond donors (Lipinski definition) is 1. The Morgan fingerprint density at radius 3 is 2.58 bits per heavy atom. The Kier molecular flexibility index (Phi) is 7.57. The molecule has 136 valence electrons. The molecule has 0 saturated heterocycles. The number of ether oxygens (including phenoxy) is 2. The van der Waals surface area contributed by atoms with Crippen molar-refractivity contribution in [2.24, 2.45) is 0 Å². The third kappa shape index (κ3) is 6.52. The number of amides is 1. The molecule has 0 spiro atoms. The summed E-state index contributed by atoms with van der Waals surface area (Å²) in [5.74, 6) is -1.77. The average Bonchev–Trinajstić information content (AvgIpc) is 3.18. The number of nitrogens with one attached hydrogen (secondary N) is 1. The Morgan fingerprint density at radius 1 is 1.15 bits per heavy atom. The highest BCUT2D eigenvalue weighted by molar-refractivity contribution is 7.10.